The normalized spacial score (nSPS) is 18.5. The number of anilines is 1. The number of halogens is 1. The van der Waals surface area contributed by atoms with Crippen molar-refractivity contribution in [2.24, 2.45) is 5.41 Å². The van der Waals surface area contributed by atoms with Crippen molar-refractivity contribution >= 4 is 23.0 Å². The van der Waals surface area contributed by atoms with Crippen molar-refractivity contribution in [3.05, 3.63) is 77.4 Å². The first-order chi connectivity index (χ1) is 19.2. The fraction of sp³-hybridized carbons (Fsp3) is 0.367. The highest BCUT2D eigenvalue weighted by Gasteiger charge is 2.44. The summed E-state index contributed by atoms with van der Waals surface area (Å²) in [5.41, 5.74) is 9.59. The first kappa shape index (κ1) is 26.1. The van der Waals surface area contributed by atoms with Crippen molar-refractivity contribution in [1.82, 2.24) is 24.3 Å². The molecule has 206 valence electrons. The van der Waals surface area contributed by atoms with E-state index >= 15 is 0 Å². The molecule has 0 saturated carbocycles. The fourth-order valence-electron chi connectivity index (χ4n) is 5.64. The Balaban J connectivity index is 1.28. The number of imidazole rings is 1. The second-order valence-electron chi connectivity index (χ2n) is 11.1. The van der Waals surface area contributed by atoms with Gasteiger partial charge in [0.25, 0.3) is 0 Å². The van der Waals surface area contributed by atoms with Gasteiger partial charge in [0, 0.05) is 48.2 Å². The number of rotatable bonds is 6. The molecule has 0 spiro atoms. The molecule has 0 aliphatic carbocycles. The minimum Gasteiger partial charge on any atom is -0.382 e. The Hall–Kier alpha value is -4.18. The number of nitrogen functional groups attached to an aromatic ring is 1. The summed E-state index contributed by atoms with van der Waals surface area (Å²) in [4.78, 5) is 41.4. The highest BCUT2D eigenvalue weighted by atomic mass is 19.1. The van der Waals surface area contributed by atoms with Crippen LogP contribution in [0.5, 0.6) is 0 Å². The van der Waals surface area contributed by atoms with Crippen LogP contribution in [0.1, 0.15) is 53.1 Å². The number of pyridine rings is 1. The third-order valence-electron chi connectivity index (χ3n) is 7.97. The maximum Gasteiger partial charge on any atom is 0.233 e. The third-order valence-corrected chi connectivity index (χ3v) is 7.97. The molecule has 2 aliphatic rings. The summed E-state index contributed by atoms with van der Waals surface area (Å²) < 4.78 is 20.9. The average Bonchev–Trinajstić information content (AvgIpc) is 3.34. The molecule has 0 unspecified atom stereocenters. The zero-order valence-corrected chi connectivity index (χ0v) is 22.6. The number of carbonyl (C=O) groups is 2. The first-order valence-electron chi connectivity index (χ1n) is 13.5. The van der Waals surface area contributed by atoms with Gasteiger partial charge >= 0.3 is 0 Å². The molecule has 9 nitrogen and oxygen atoms in total. The molecule has 2 aliphatic heterocycles. The summed E-state index contributed by atoms with van der Waals surface area (Å²) >= 11 is 0. The molecule has 10 heteroatoms. The van der Waals surface area contributed by atoms with Gasteiger partial charge in [-0.3, -0.25) is 19.0 Å². The van der Waals surface area contributed by atoms with Crippen LogP contribution in [0.2, 0.25) is 0 Å². The summed E-state index contributed by atoms with van der Waals surface area (Å²) in [6.45, 7) is 5.85. The van der Waals surface area contributed by atoms with Gasteiger partial charge < -0.3 is 15.4 Å². The number of ether oxygens (including phenoxy) is 1. The summed E-state index contributed by atoms with van der Waals surface area (Å²) in [6, 6.07) is 8.81. The van der Waals surface area contributed by atoms with E-state index in [-0.39, 0.29) is 24.0 Å². The lowest BCUT2D eigenvalue weighted by Gasteiger charge is -2.42. The van der Waals surface area contributed by atoms with Crippen LogP contribution in [0.15, 0.2) is 48.9 Å². The minimum absolute atomic E-state index is 0.0397. The lowest BCUT2D eigenvalue weighted by molar-refractivity contribution is -0.169. The number of ketones is 1. The summed E-state index contributed by atoms with van der Waals surface area (Å²) in [5.74, 6) is 0.867. The molecule has 1 amide bonds. The molecule has 3 aromatic heterocycles. The highest BCUT2D eigenvalue weighted by Crippen LogP contribution is 2.36. The molecule has 0 radical (unpaired) electrons. The molecular formula is C30H31FN6O3. The van der Waals surface area contributed by atoms with Gasteiger partial charge in [0.2, 0.25) is 5.91 Å². The first-order valence-corrected chi connectivity index (χ1v) is 13.5. The van der Waals surface area contributed by atoms with E-state index in [1.165, 1.54) is 0 Å². The van der Waals surface area contributed by atoms with Crippen molar-refractivity contribution in [1.29, 1.82) is 0 Å². The molecule has 2 N–H and O–H groups in total. The standard InChI is InChI=1S/C30H31FN6O3/c1-18-12-22(34-14-23(18)31)13-24(38)19-5-7-20(8-6-19)25-26-27(32)33-9-11-37(26)28(35-25)21-4-3-10-36(15-21)29(39)30(2)16-40-17-30/h5-9,11-12,14,21H,3-4,10,13,15-17H2,1-2H3,(H2,32,33)/t21-/m1/s1. The van der Waals surface area contributed by atoms with Crippen LogP contribution in [-0.4, -0.2) is 62.2 Å². The third kappa shape index (κ3) is 4.62. The van der Waals surface area contributed by atoms with Gasteiger partial charge in [0.1, 0.15) is 28.7 Å². The molecule has 2 saturated heterocycles. The molecule has 2 fully saturated rings. The zero-order chi connectivity index (χ0) is 28.0. The lowest BCUT2D eigenvalue weighted by Crippen LogP contribution is -2.55. The smallest absolute Gasteiger partial charge is 0.233 e. The van der Waals surface area contributed by atoms with Gasteiger partial charge in [0.05, 0.1) is 31.2 Å². The number of aromatic nitrogens is 4. The van der Waals surface area contributed by atoms with Crippen LogP contribution in [0.4, 0.5) is 10.2 Å². The molecule has 4 aromatic rings. The number of fused-ring (bicyclic) bond motifs is 1. The summed E-state index contributed by atoms with van der Waals surface area (Å²) in [5, 5.41) is 0. The van der Waals surface area contributed by atoms with E-state index in [0.29, 0.717) is 53.6 Å². The zero-order valence-electron chi connectivity index (χ0n) is 22.6. The Bertz CT molecular complexity index is 1610. The lowest BCUT2D eigenvalue weighted by atomic mass is 9.85. The Labute approximate surface area is 231 Å². The largest absolute Gasteiger partial charge is 0.382 e. The number of aryl methyl sites for hydroxylation is 1. The number of benzene rings is 1. The Morgan fingerprint density at radius 3 is 2.67 bits per heavy atom. The van der Waals surface area contributed by atoms with Crippen molar-refractivity contribution < 1.29 is 18.7 Å². The van der Waals surface area contributed by atoms with Gasteiger partial charge in [-0.05, 0) is 38.3 Å². The molecule has 6 rings (SSSR count). The predicted molar refractivity (Wildman–Crippen MR) is 147 cm³/mol. The fourth-order valence-corrected chi connectivity index (χ4v) is 5.64. The molecule has 0 bridgehead atoms. The number of amides is 1. The summed E-state index contributed by atoms with van der Waals surface area (Å²) in [6.07, 6.45) is 6.53. The van der Waals surface area contributed by atoms with Crippen molar-refractivity contribution in [2.45, 2.75) is 39.0 Å². The second-order valence-corrected chi connectivity index (χ2v) is 11.1. The van der Waals surface area contributed by atoms with Crippen molar-refractivity contribution in [2.75, 3.05) is 32.0 Å². The van der Waals surface area contributed by atoms with Crippen LogP contribution in [0.25, 0.3) is 16.8 Å². The van der Waals surface area contributed by atoms with E-state index in [4.69, 9.17) is 15.5 Å². The van der Waals surface area contributed by atoms with Gasteiger partial charge in [-0.25, -0.2) is 14.4 Å². The number of likely N-dealkylation sites (tertiary alicyclic amines) is 1. The quantitative estimate of drug-likeness (QED) is 0.366. The Morgan fingerprint density at radius 2 is 1.98 bits per heavy atom. The Kier molecular flexibility index (Phi) is 6.58. The van der Waals surface area contributed by atoms with Crippen LogP contribution < -0.4 is 5.73 Å². The van der Waals surface area contributed by atoms with Crippen LogP contribution >= 0.6 is 0 Å². The highest BCUT2D eigenvalue weighted by molar-refractivity contribution is 5.98. The number of nitrogens with two attached hydrogens (primary N) is 1. The van der Waals surface area contributed by atoms with Crippen LogP contribution in [0.3, 0.4) is 0 Å². The molecule has 5 heterocycles. The monoisotopic (exact) mass is 542 g/mol. The number of piperidine rings is 1. The number of hydrogen-bond donors (Lipinski definition) is 1. The number of hydrogen-bond acceptors (Lipinski definition) is 7. The predicted octanol–water partition coefficient (Wildman–Crippen LogP) is 3.99. The number of Topliss-reactive ketones (excluding diaryl/α,β-unsaturated/α-hetero) is 1. The Morgan fingerprint density at radius 1 is 1.20 bits per heavy atom. The topological polar surface area (TPSA) is 116 Å². The maximum absolute atomic E-state index is 13.6. The van der Waals surface area contributed by atoms with Crippen LogP contribution in [0, 0.1) is 18.2 Å². The minimum atomic E-state index is -0.444. The SMILES string of the molecule is Cc1cc(CC(=O)c2ccc(-c3nc([C@@H]4CCCN(C(=O)C5(C)COC5)C4)n4ccnc(N)c34)cc2)ncc1F. The van der Waals surface area contributed by atoms with E-state index in [1.54, 1.807) is 31.3 Å². The van der Waals surface area contributed by atoms with Gasteiger partial charge in [-0.1, -0.05) is 24.3 Å². The average molecular weight is 543 g/mol. The maximum atomic E-state index is 13.6. The van der Waals surface area contributed by atoms with Crippen molar-refractivity contribution in [3.63, 3.8) is 0 Å². The summed E-state index contributed by atoms with van der Waals surface area (Å²) in [7, 11) is 0. The molecule has 1 aromatic carbocycles. The molecular weight excluding hydrogens is 511 g/mol. The van der Waals surface area contributed by atoms with E-state index < -0.39 is 11.2 Å². The number of carbonyl (C=O) groups excluding carboxylic acids is 2. The van der Waals surface area contributed by atoms with Gasteiger partial charge in [-0.2, -0.15) is 0 Å². The van der Waals surface area contributed by atoms with Crippen molar-refractivity contribution in [3.8, 4) is 11.3 Å². The van der Waals surface area contributed by atoms with E-state index in [0.717, 1.165) is 37.0 Å². The van der Waals surface area contributed by atoms with E-state index in [1.807, 2.05) is 34.6 Å². The molecule has 40 heavy (non-hydrogen) atoms. The van der Waals surface area contributed by atoms with Crippen LogP contribution in [-0.2, 0) is 16.0 Å². The second kappa shape index (κ2) is 10.1. The van der Waals surface area contributed by atoms with E-state index in [2.05, 4.69) is 9.97 Å². The van der Waals surface area contributed by atoms with Gasteiger partial charge in [0.15, 0.2) is 5.78 Å². The van der Waals surface area contributed by atoms with E-state index in [9.17, 15) is 14.0 Å². The molecule has 1 atom stereocenters. The van der Waals surface area contributed by atoms with Gasteiger partial charge in [-0.15, -0.1) is 0 Å². The number of nitrogens with zero attached hydrogens (tertiary/aromatic N) is 5.